The van der Waals surface area contributed by atoms with Crippen molar-refractivity contribution in [1.82, 2.24) is 0 Å². The molecule has 1 saturated carbocycles. The van der Waals surface area contributed by atoms with E-state index >= 15 is 0 Å². The van der Waals surface area contributed by atoms with Gasteiger partial charge in [-0.25, -0.2) is 4.79 Å². The van der Waals surface area contributed by atoms with Gasteiger partial charge in [0.05, 0.1) is 24.4 Å². The highest BCUT2D eigenvalue weighted by molar-refractivity contribution is 5.89. The summed E-state index contributed by atoms with van der Waals surface area (Å²) in [6.07, 6.45) is 5.24. The smallest absolute Gasteiger partial charge is 0.338 e. The lowest BCUT2D eigenvalue weighted by molar-refractivity contribution is 0.0499. The molecule has 0 unspecified atom stereocenters. The minimum absolute atomic E-state index is 0.163. The van der Waals surface area contributed by atoms with E-state index in [1.54, 1.807) is 24.3 Å². The average Bonchev–Trinajstić information content (AvgIpc) is 2.50. The second kappa shape index (κ2) is 8.03. The molecule has 21 heavy (non-hydrogen) atoms. The summed E-state index contributed by atoms with van der Waals surface area (Å²) in [4.78, 5) is 11.8. The Balaban J connectivity index is 1.82. The molecular weight excluding hydrogens is 268 g/mol. The number of carbonyl (C=O) groups is 1. The second-order valence-corrected chi connectivity index (χ2v) is 5.56. The van der Waals surface area contributed by atoms with Crippen LogP contribution in [0.4, 0.5) is 0 Å². The van der Waals surface area contributed by atoms with Crippen LogP contribution >= 0.6 is 0 Å². The van der Waals surface area contributed by atoms with Crippen LogP contribution in [0.2, 0.25) is 0 Å². The molecule has 4 nitrogen and oxygen atoms in total. The van der Waals surface area contributed by atoms with Crippen LogP contribution in [0.1, 0.15) is 55.8 Å². The number of rotatable bonds is 6. The summed E-state index contributed by atoms with van der Waals surface area (Å²) in [6, 6.07) is 7.09. The van der Waals surface area contributed by atoms with Crippen LogP contribution in [0.3, 0.4) is 0 Å². The molecule has 0 radical (unpaired) electrons. The molecule has 1 aromatic rings. The number of unbranched alkanes of at least 4 members (excludes halogenated alkanes) is 1. The zero-order valence-corrected chi connectivity index (χ0v) is 12.6. The van der Waals surface area contributed by atoms with Crippen LogP contribution < -0.4 is 4.74 Å². The number of aliphatic hydroxyl groups is 1. The van der Waals surface area contributed by atoms with E-state index in [-0.39, 0.29) is 18.2 Å². The molecule has 0 aliphatic heterocycles. The third-order valence-corrected chi connectivity index (χ3v) is 3.77. The van der Waals surface area contributed by atoms with Crippen LogP contribution in [-0.2, 0) is 4.74 Å². The van der Waals surface area contributed by atoms with E-state index < -0.39 is 0 Å². The number of esters is 1. The molecular formula is C17H24O4. The van der Waals surface area contributed by atoms with Gasteiger partial charge in [-0.1, -0.05) is 13.3 Å². The molecule has 1 fully saturated rings. The van der Waals surface area contributed by atoms with Crippen LogP contribution in [0.15, 0.2) is 24.3 Å². The third kappa shape index (κ3) is 5.05. The maximum atomic E-state index is 11.8. The zero-order chi connectivity index (χ0) is 15.1. The number of carbonyl (C=O) groups excluding carboxylic acids is 1. The molecule has 1 aliphatic rings. The van der Waals surface area contributed by atoms with Gasteiger partial charge >= 0.3 is 5.97 Å². The van der Waals surface area contributed by atoms with E-state index in [1.807, 2.05) is 0 Å². The molecule has 1 N–H and O–H groups in total. The Labute approximate surface area is 126 Å². The van der Waals surface area contributed by atoms with E-state index in [0.717, 1.165) is 44.3 Å². The van der Waals surface area contributed by atoms with Crippen molar-refractivity contribution in [2.45, 2.75) is 57.7 Å². The van der Waals surface area contributed by atoms with E-state index in [0.29, 0.717) is 12.2 Å². The van der Waals surface area contributed by atoms with Crippen molar-refractivity contribution >= 4 is 5.97 Å². The van der Waals surface area contributed by atoms with Gasteiger partial charge in [-0.3, -0.25) is 0 Å². The summed E-state index contributed by atoms with van der Waals surface area (Å²) in [6.45, 7) is 2.53. The van der Waals surface area contributed by atoms with E-state index in [2.05, 4.69) is 6.92 Å². The maximum Gasteiger partial charge on any atom is 0.338 e. The molecule has 0 heterocycles. The van der Waals surface area contributed by atoms with Crippen LogP contribution in [0, 0.1) is 0 Å². The van der Waals surface area contributed by atoms with E-state index in [4.69, 9.17) is 9.47 Å². The van der Waals surface area contributed by atoms with Crippen LogP contribution in [-0.4, -0.2) is 29.9 Å². The molecule has 1 aromatic carbocycles. The number of benzene rings is 1. The van der Waals surface area contributed by atoms with Crippen molar-refractivity contribution in [3.63, 3.8) is 0 Å². The predicted octanol–water partition coefficient (Wildman–Crippen LogP) is 3.33. The SMILES string of the molecule is CCCCOC(=O)c1ccc(OC2CCC(O)CC2)cc1. The van der Waals surface area contributed by atoms with Crippen molar-refractivity contribution in [3.8, 4) is 5.75 Å². The van der Waals surface area contributed by atoms with E-state index in [1.165, 1.54) is 0 Å². The molecule has 0 aromatic heterocycles. The predicted molar refractivity (Wildman–Crippen MR) is 80.5 cm³/mol. The first-order chi connectivity index (χ1) is 10.2. The highest BCUT2D eigenvalue weighted by Gasteiger charge is 2.20. The number of hydrogen-bond acceptors (Lipinski definition) is 4. The normalized spacial score (nSPS) is 21.8. The zero-order valence-electron chi connectivity index (χ0n) is 12.6. The highest BCUT2D eigenvalue weighted by Crippen LogP contribution is 2.24. The van der Waals surface area contributed by atoms with Crippen molar-refractivity contribution in [2.24, 2.45) is 0 Å². The first-order valence-electron chi connectivity index (χ1n) is 7.81. The molecule has 0 amide bonds. The van der Waals surface area contributed by atoms with Crippen molar-refractivity contribution in [2.75, 3.05) is 6.61 Å². The lowest BCUT2D eigenvalue weighted by Crippen LogP contribution is -2.26. The first kappa shape index (κ1) is 15.8. The van der Waals surface area contributed by atoms with Gasteiger partial charge in [0.2, 0.25) is 0 Å². The number of hydrogen-bond donors (Lipinski definition) is 1. The summed E-state index contributed by atoms with van der Waals surface area (Å²) >= 11 is 0. The topological polar surface area (TPSA) is 55.8 Å². The molecule has 2 rings (SSSR count). The quantitative estimate of drug-likeness (QED) is 0.645. The molecule has 116 valence electrons. The van der Waals surface area contributed by atoms with Gasteiger partial charge in [0, 0.05) is 0 Å². The molecule has 1 aliphatic carbocycles. The lowest BCUT2D eigenvalue weighted by Gasteiger charge is -2.26. The van der Waals surface area contributed by atoms with Gasteiger partial charge in [0.1, 0.15) is 5.75 Å². The van der Waals surface area contributed by atoms with E-state index in [9.17, 15) is 9.90 Å². The Kier molecular flexibility index (Phi) is 6.05. The lowest BCUT2D eigenvalue weighted by atomic mass is 9.95. The van der Waals surface area contributed by atoms with Crippen LogP contribution in [0.5, 0.6) is 5.75 Å². The first-order valence-corrected chi connectivity index (χ1v) is 7.81. The van der Waals surface area contributed by atoms with Gasteiger partial charge in [0.15, 0.2) is 0 Å². The second-order valence-electron chi connectivity index (χ2n) is 5.56. The Morgan fingerprint density at radius 3 is 2.48 bits per heavy atom. The average molecular weight is 292 g/mol. The fourth-order valence-electron chi connectivity index (χ4n) is 2.42. The van der Waals surface area contributed by atoms with Crippen molar-refractivity contribution < 1.29 is 19.4 Å². The Hall–Kier alpha value is -1.55. The summed E-state index contributed by atoms with van der Waals surface area (Å²) in [5.41, 5.74) is 0.553. The fraction of sp³-hybridized carbons (Fsp3) is 0.588. The van der Waals surface area contributed by atoms with Gasteiger partial charge in [-0.2, -0.15) is 0 Å². The minimum atomic E-state index is -0.282. The molecule has 0 bridgehead atoms. The van der Waals surface area contributed by atoms with Crippen molar-refractivity contribution in [3.05, 3.63) is 29.8 Å². The van der Waals surface area contributed by atoms with Gasteiger partial charge in [-0.15, -0.1) is 0 Å². The summed E-state index contributed by atoms with van der Waals surface area (Å²) < 4.78 is 11.0. The summed E-state index contributed by atoms with van der Waals surface area (Å²) in [7, 11) is 0. The standard InChI is InChI=1S/C17H24O4/c1-2-3-12-20-17(19)13-4-8-15(9-5-13)21-16-10-6-14(18)7-11-16/h4-5,8-9,14,16,18H,2-3,6-7,10-12H2,1H3. The maximum absolute atomic E-state index is 11.8. The molecule has 0 atom stereocenters. The highest BCUT2D eigenvalue weighted by atomic mass is 16.5. The monoisotopic (exact) mass is 292 g/mol. The van der Waals surface area contributed by atoms with Gasteiger partial charge in [-0.05, 0) is 56.4 Å². The summed E-state index contributed by atoms with van der Waals surface area (Å²) in [5.74, 6) is 0.484. The minimum Gasteiger partial charge on any atom is -0.490 e. The molecule has 0 spiro atoms. The fourth-order valence-corrected chi connectivity index (χ4v) is 2.42. The largest absolute Gasteiger partial charge is 0.490 e. The van der Waals surface area contributed by atoms with Crippen molar-refractivity contribution in [1.29, 1.82) is 0 Å². The van der Waals surface area contributed by atoms with Gasteiger partial charge < -0.3 is 14.6 Å². The third-order valence-electron chi connectivity index (χ3n) is 3.77. The van der Waals surface area contributed by atoms with Crippen LogP contribution in [0.25, 0.3) is 0 Å². The Morgan fingerprint density at radius 1 is 1.19 bits per heavy atom. The molecule has 4 heteroatoms. The Bertz CT molecular complexity index is 433. The number of ether oxygens (including phenoxy) is 2. The Morgan fingerprint density at radius 2 is 1.86 bits per heavy atom. The number of aliphatic hydroxyl groups excluding tert-OH is 1. The van der Waals surface area contributed by atoms with Gasteiger partial charge in [0.25, 0.3) is 0 Å². The summed E-state index contributed by atoms with van der Waals surface area (Å²) in [5, 5.41) is 9.47. The molecule has 0 saturated heterocycles.